The molecular weight excluding hydrogens is 330 g/mol. The first-order chi connectivity index (χ1) is 12.5. The third-order valence-corrected chi connectivity index (χ3v) is 6.09. The second-order valence-corrected chi connectivity index (χ2v) is 7.23. The highest BCUT2D eigenvalue weighted by atomic mass is 16.7. The fraction of sp³-hybridized carbons (Fsp3) is 0.333. The van der Waals surface area contributed by atoms with E-state index in [1.165, 1.54) is 5.56 Å². The molecule has 5 heteroatoms. The fourth-order valence-electron chi connectivity index (χ4n) is 4.69. The number of hydrogen-bond acceptors (Lipinski definition) is 5. The number of methoxy groups -OCH3 is 1. The van der Waals surface area contributed by atoms with E-state index in [9.17, 15) is 5.11 Å². The lowest BCUT2D eigenvalue weighted by Crippen LogP contribution is -2.48. The number of nitrogens with zero attached hydrogens (tertiary/aromatic N) is 1. The van der Waals surface area contributed by atoms with Gasteiger partial charge >= 0.3 is 0 Å². The Balaban J connectivity index is 1.71. The zero-order valence-corrected chi connectivity index (χ0v) is 15.0. The first kappa shape index (κ1) is 15.6. The molecular formula is C21H21NO4. The van der Waals surface area contributed by atoms with Crippen molar-refractivity contribution in [3.8, 4) is 23.0 Å². The van der Waals surface area contributed by atoms with Crippen LogP contribution in [0, 0.1) is 0 Å². The molecule has 5 rings (SSSR count). The molecule has 134 valence electrons. The van der Waals surface area contributed by atoms with Gasteiger partial charge in [0.15, 0.2) is 23.0 Å². The van der Waals surface area contributed by atoms with E-state index in [-0.39, 0.29) is 18.1 Å². The van der Waals surface area contributed by atoms with Crippen LogP contribution in [0.2, 0.25) is 0 Å². The lowest BCUT2D eigenvalue weighted by atomic mass is 9.76. The largest absolute Gasteiger partial charge is 0.504 e. The number of fused-ring (bicyclic) bond motifs is 4. The molecule has 0 saturated carbocycles. The summed E-state index contributed by atoms with van der Waals surface area (Å²) in [5, 5.41) is 10.2. The van der Waals surface area contributed by atoms with Crippen molar-refractivity contribution in [2.45, 2.75) is 18.4 Å². The van der Waals surface area contributed by atoms with E-state index in [2.05, 4.69) is 30.7 Å². The lowest BCUT2D eigenvalue weighted by Gasteiger charge is -2.45. The van der Waals surface area contributed by atoms with Crippen molar-refractivity contribution >= 4 is 5.57 Å². The normalized spacial score (nSPS) is 23.2. The number of phenols is 1. The molecule has 2 aromatic rings. The van der Waals surface area contributed by atoms with Gasteiger partial charge in [-0.1, -0.05) is 6.58 Å². The average molecular weight is 351 g/mol. The number of aromatic hydroxyl groups is 1. The first-order valence-electron chi connectivity index (χ1n) is 8.78. The maximum atomic E-state index is 10.2. The van der Waals surface area contributed by atoms with Crippen LogP contribution >= 0.6 is 0 Å². The van der Waals surface area contributed by atoms with E-state index in [1.807, 2.05) is 12.1 Å². The Morgan fingerprint density at radius 1 is 1.15 bits per heavy atom. The number of hydrogen-bond donors (Lipinski definition) is 1. The van der Waals surface area contributed by atoms with Crippen molar-refractivity contribution in [1.82, 2.24) is 4.90 Å². The van der Waals surface area contributed by atoms with E-state index >= 15 is 0 Å². The summed E-state index contributed by atoms with van der Waals surface area (Å²) in [6.45, 7) is 5.66. The molecule has 1 N–H and O–H groups in total. The molecule has 1 unspecified atom stereocenters. The van der Waals surface area contributed by atoms with E-state index in [1.54, 1.807) is 7.11 Å². The van der Waals surface area contributed by atoms with Gasteiger partial charge in [-0.3, -0.25) is 4.90 Å². The Bertz CT molecular complexity index is 952. The van der Waals surface area contributed by atoms with E-state index in [4.69, 9.17) is 14.2 Å². The predicted molar refractivity (Wildman–Crippen MR) is 98.0 cm³/mol. The molecule has 2 aromatic carbocycles. The van der Waals surface area contributed by atoms with E-state index < -0.39 is 0 Å². The van der Waals surface area contributed by atoms with Gasteiger partial charge in [0, 0.05) is 6.54 Å². The highest BCUT2D eigenvalue weighted by molar-refractivity contribution is 5.83. The van der Waals surface area contributed by atoms with Crippen molar-refractivity contribution < 1.29 is 19.3 Å². The van der Waals surface area contributed by atoms with Crippen LogP contribution < -0.4 is 14.2 Å². The molecule has 0 aromatic heterocycles. The van der Waals surface area contributed by atoms with Crippen molar-refractivity contribution in [2.75, 3.05) is 27.5 Å². The average Bonchev–Trinajstić information content (AvgIpc) is 3.20. The molecule has 1 spiro atoms. The Hall–Kier alpha value is -2.66. The van der Waals surface area contributed by atoms with Crippen LogP contribution in [0.25, 0.3) is 5.57 Å². The molecule has 0 radical (unpaired) electrons. The summed E-state index contributed by atoms with van der Waals surface area (Å²) in [5.41, 5.74) is 5.36. The molecule has 1 aliphatic carbocycles. The molecule has 5 nitrogen and oxygen atoms in total. The van der Waals surface area contributed by atoms with Crippen LogP contribution in [0.3, 0.4) is 0 Å². The summed E-state index contributed by atoms with van der Waals surface area (Å²) in [4.78, 5) is 2.36. The summed E-state index contributed by atoms with van der Waals surface area (Å²) >= 11 is 0. The van der Waals surface area contributed by atoms with Gasteiger partial charge in [-0.05, 0) is 72.0 Å². The number of phenolic OH excluding ortho intramolecular Hbond substituents is 1. The van der Waals surface area contributed by atoms with Crippen molar-refractivity contribution in [3.63, 3.8) is 0 Å². The predicted octanol–water partition coefficient (Wildman–Crippen LogP) is 3.08. The molecule has 0 fully saturated rings. The minimum Gasteiger partial charge on any atom is -0.504 e. The summed E-state index contributed by atoms with van der Waals surface area (Å²) in [6, 6.07) is 7.94. The number of benzene rings is 2. The van der Waals surface area contributed by atoms with Crippen LogP contribution in [-0.2, 0) is 18.4 Å². The van der Waals surface area contributed by atoms with Crippen LogP contribution in [0.15, 0.2) is 30.8 Å². The zero-order chi connectivity index (χ0) is 18.1. The van der Waals surface area contributed by atoms with E-state index in [0.29, 0.717) is 5.75 Å². The summed E-state index contributed by atoms with van der Waals surface area (Å²) in [7, 11) is 3.72. The second-order valence-electron chi connectivity index (χ2n) is 7.23. The van der Waals surface area contributed by atoms with Crippen molar-refractivity contribution in [2.24, 2.45) is 0 Å². The maximum Gasteiger partial charge on any atom is 0.231 e. The summed E-state index contributed by atoms with van der Waals surface area (Å²) in [6.07, 6.45) is 1.70. The minimum atomic E-state index is -0.341. The minimum absolute atomic E-state index is 0.188. The molecule has 26 heavy (non-hydrogen) atoms. The van der Waals surface area contributed by atoms with Gasteiger partial charge < -0.3 is 19.3 Å². The number of likely N-dealkylation sites (N-methyl/N-ethyl adjacent to an activating group) is 1. The van der Waals surface area contributed by atoms with Gasteiger partial charge in [-0.15, -0.1) is 0 Å². The topological polar surface area (TPSA) is 51.2 Å². The monoisotopic (exact) mass is 351 g/mol. The highest BCUT2D eigenvalue weighted by Gasteiger charge is 2.49. The van der Waals surface area contributed by atoms with Crippen LogP contribution in [0.4, 0.5) is 0 Å². The summed E-state index contributed by atoms with van der Waals surface area (Å²) < 4.78 is 16.5. The van der Waals surface area contributed by atoms with Crippen LogP contribution in [0.5, 0.6) is 23.0 Å². The smallest absolute Gasteiger partial charge is 0.231 e. The van der Waals surface area contributed by atoms with Gasteiger partial charge in [0.1, 0.15) is 0 Å². The van der Waals surface area contributed by atoms with Crippen LogP contribution in [0.1, 0.15) is 22.3 Å². The standard InChI is InChI=1S/C21H21NO4/c1-12-15-8-20-19(25-11-26-20)7-14(15)10-21(12)16-9-18(24-3)17(23)6-13(16)4-5-22(21)2/h6-9,23H,1,4-5,10-11H2,2-3H3. The van der Waals surface area contributed by atoms with Crippen molar-refractivity contribution in [1.29, 1.82) is 0 Å². The molecule has 1 atom stereocenters. The van der Waals surface area contributed by atoms with Crippen molar-refractivity contribution in [3.05, 3.63) is 53.1 Å². The molecule has 0 saturated heterocycles. The Kier molecular flexibility index (Phi) is 3.10. The Labute approximate surface area is 152 Å². The first-order valence-corrected chi connectivity index (χ1v) is 8.78. The third-order valence-electron chi connectivity index (χ3n) is 6.09. The molecule has 2 heterocycles. The lowest BCUT2D eigenvalue weighted by molar-refractivity contribution is 0.167. The Morgan fingerprint density at radius 2 is 1.92 bits per heavy atom. The molecule has 2 aliphatic heterocycles. The second kappa shape index (κ2) is 5.17. The van der Waals surface area contributed by atoms with Gasteiger partial charge in [0.25, 0.3) is 0 Å². The van der Waals surface area contributed by atoms with E-state index in [0.717, 1.165) is 53.1 Å². The maximum absolute atomic E-state index is 10.2. The summed E-state index contributed by atoms with van der Waals surface area (Å²) in [5.74, 6) is 2.27. The molecule has 0 amide bonds. The van der Waals surface area contributed by atoms with Crippen LogP contribution in [-0.4, -0.2) is 37.5 Å². The van der Waals surface area contributed by atoms with Gasteiger partial charge in [-0.25, -0.2) is 0 Å². The fourth-order valence-corrected chi connectivity index (χ4v) is 4.69. The molecule has 0 bridgehead atoms. The highest BCUT2D eigenvalue weighted by Crippen LogP contribution is 2.55. The van der Waals surface area contributed by atoms with Gasteiger partial charge in [0.05, 0.1) is 12.6 Å². The number of ether oxygens (including phenoxy) is 3. The quantitative estimate of drug-likeness (QED) is 0.856. The zero-order valence-electron chi connectivity index (χ0n) is 15.0. The number of rotatable bonds is 1. The SMILES string of the molecule is C=C1c2cc3c(cc2CC12c1cc(OC)c(O)cc1CCN2C)OCO3. The molecule has 3 aliphatic rings. The van der Waals surface area contributed by atoms with Gasteiger partial charge in [-0.2, -0.15) is 0 Å². The van der Waals surface area contributed by atoms with Gasteiger partial charge in [0.2, 0.25) is 6.79 Å². The third kappa shape index (κ3) is 1.84. The Morgan fingerprint density at radius 3 is 2.69 bits per heavy atom.